The summed E-state index contributed by atoms with van der Waals surface area (Å²) in [6.07, 6.45) is 3.98. The zero-order chi connectivity index (χ0) is 13.2. The van der Waals surface area contributed by atoms with Crippen molar-refractivity contribution in [3.8, 4) is 0 Å². The molecule has 0 aromatic carbocycles. The molecule has 0 bridgehead atoms. The summed E-state index contributed by atoms with van der Waals surface area (Å²) in [5.41, 5.74) is 0. The van der Waals surface area contributed by atoms with Crippen molar-refractivity contribution in [2.24, 2.45) is 0 Å². The summed E-state index contributed by atoms with van der Waals surface area (Å²) in [5.74, 6) is 0.764. The highest BCUT2D eigenvalue weighted by molar-refractivity contribution is 7.86. The standard InChI is InChI=1S/C10H18N4O3S/c1-12(4-2-8-15)18(16,17)14-7-6-13-5-3-11-10(13)9-14/h3,5,15H,2,4,6-9H2,1H3. The van der Waals surface area contributed by atoms with E-state index in [9.17, 15) is 8.42 Å². The van der Waals surface area contributed by atoms with Crippen LogP contribution in [0.2, 0.25) is 0 Å². The molecule has 2 heterocycles. The maximum Gasteiger partial charge on any atom is 0.282 e. The molecular weight excluding hydrogens is 256 g/mol. The molecule has 0 radical (unpaired) electrons. The first-order valence-corrected chi connectivity index (χ1v) is 7.27. The predicted molar refractivity (Wildman–Crippen MR) is 65.9 cm³/mol. The Kier molecular flexibility index (Phi) is 4.00. The van der Waals surface area contributed by atoms with E-state index in [-0.39, 0.29) is 6.61 Å². The van der Waals surface area contributed by atoms with Crippen LogP contribution in [0, 0.1) is 0 Å². The molecule has 18 heavy (non-hydrogen) atoms. The van der Waals surface area contributed by atoms with Crippen LogP contribution in [0.1, 0.15) is 12.2 Å². The molecule has 1 N–H and O–H groups in total. The quantitative estimate of drug-likeness (QED) is 0.767. The minimum absolute atomic E-state index is 0.00966. The van der Waals surface area contributed by atoms with Crippen molar-refractivity contribution >= 4 is 10.2 Å². The maximum atomic E-state index is 12.3. The highest BCUT2D eigenvalue weighted by Gasteiger charge is 2.30. The lowest BCUT2D eigenvalue weighted by molar-refractivity contribution is 0.265. The smallest absolute Gasteiger partial charge is 0.282 e. The summed E-state index contributed by atoms with van der Waals surface area (Å²) in [6, 6.07) is 0. The summed E-state index contributed by atoms with van der Waals surface area (Å²) < 4.78 is 29.2. The van der Waals surface area contributed by atoms with Gasteiger partial charge in [-0.25, -0.2) is 4.98 Å². The van der Waals surface area contributed by atoms with E-state index in [1.54, 1.807) is 6.20 Å². The van der Waals surface area contributed by atoms with Gasteiger partial charge in [0.1, 0.15) is 5.82 Å². The van der Waals surface area contributed by atoms with Crippen LogP contribution in [-0.4, -0.2) is 58.4 Å². The third-order valence-corrected chi connectivity index (χ3v) is 5.00. The monoisotopic (exact) mass is 274 g/mol. The van der Waals surface area contributed by atoms with Gasteiger partial charge in [0.2, 0.25) is 0 Å². The lowest BCUT2D eigenvalue weighted by Crippen LogP contribution is -2.45. The Morgan fingerprint density at radius 3 is 3.00 bits per heavy atom. The van der Waals surface area contributed by atoms with Crippen LogP contribution >= 0.6 is 0 Å². The number of hydrogen-bond donors (Lipinski definition) is 1. The van der Waals surface area contributed by atoms with Gasteiger partial charge in [-0.15, -0.1) is 0 Å². The molecule has 0 saturated heterocycles. The van der Waals surface area contributed by atoms with Crippen molar-refractivity contribution in [2.45, 2.75) is 19.5 Å². The van der Waals surface area contributed by atoms with E-state index in [2.05, 4.69) is 4.98 Å². The van der Waals surface area contributed by atoms with Crippen molar-refractivity contribution < 1.29 is 13.5 Å². The van der Waals surface area contributed by atoms with Gasteiger partial charge in [0.05, 0.1) is 6.54 Å². The lowest BCUT2D eigenvalue weighted by atomic mass is 10.4. The summed E-state index contributed by atoms with van der Waals surface area (Å²) in [7, 11) is -1.92. The average molecular weight is 274 g/mol. The van der Waals surface area contributed by atoms with E-state index in [0.29, 0.717) is 32.6 Å². The fourth-order valence-corrected chi connectivity index (χ4v) is 3.30. The fraction of sp³-hybridized carbons (Fsp3) is 0.700. The molecule has 8 heteroatoms. The number of imidazole rings is 1. The number of nitrogens with zero attached hydrogens (tertiary/aromatic N) is 4. The van der Waals surface area contributed by atoms with Crippen LogP contribution in [0.4, 0.5) is 0 Å². The van der Waals surface area contributed by atoms with Crippen LogP contribution < -0.4 is 0 Å². The molecule has 0 unspecified atom stereocenters. The van der Waals surface area contributed by atoms with Crippen LogP contribution in [0.5, 0.6) is 0 Å². The minimum atomic E-state index is -3.45. The molecule has 1 aromatic heterocycles. The van der Waals surface area contributed by atoms with Gasteiger partial charge < -0.3 is 9.67 Å². The van der Waals surface area contributed by atoms with E-state index >= 15 is 0 Å². The van der Waals surface area contributed by atoms with E-state index in [1.807, 2.05) is 10.8 Å². The van der Waals surface area contributed by atoms with Crippen molar-refractivity contribution in [3.63, 3.8) is 0 Å². The molecule has 7 nitrogen and oxygen atoms in total. The first-order valence-electron chi connectivity index (χ1n) is 5.88. The molecule has 0 aliphatic carbocycles. The Labute approximate surface area is 107 Å². The first kappa shape index (κ1) is 13.5. The highest BCUT2D eigenvalue weighted by atomic mass is 32.2. The van der Waals surface area contributed by atoms with Gasteiger partial charge in [-0.1, -0.05) is 0 Å². The van der Waals surface area contributed by atoms with E-state index in [4.69, 9.17) is 5.11 Å². The van der Waals surface area contributed by atoms with Crippen molar-refractivity contribution in [2.75, 3.05) is 26.7 Å². The Morgan fingerprint density at radius 2 is 2.28 bits per heavy atom. The summed E-state index contributed by atoms with van der Waals surface area (Å²) >= 11 is 0. The minimum Gasteiger partial charge on any atom is -0.396 e. The molecule has 2 rings (SSSR count). The Hall–Kier alpha value is -0.960. The van der Waals surface area contributed by atoms with E-state index < -0.39 is 10.2 Å². The molecule has 0 atom stereocenters. The Bertz CT molecular complexity index is 499. The summed E-state index contributed by atoms with van der Waals surface area (Å²) in [5, 5.41) is 8.75. The topological polar surface area (TPSA) is 78.7 Å². The van der Waals surface area contributed by atoms with Crippen molar-refractivity contribution in [1.82, 2.24) is 18.2 Å². The Balaban J connectivity index is 2.08. The molecule has 1 aliphatic heterocycles. The van der Waals surface area contributed by atoms with Crippen LogP contribution in [0.25, 0.3) is 0 Å². The molecule has 1 aliphatic rings. The SMILES string of the molecule is CN(CCCO)S(=O)(=O)N1CCn2ccnc2C1. The van der Waals surface area contributed by atoms with Crippen LogP contribution in [-0.2, 0) is 23.3 Å². The third-order valence-electron chi connectivity index (χ3n) is 3.06. The number of aliphatic hydroxyl groups excluding tert-OH is 1. The first-order chi connectivity index (χ1) is 8.55. The van der Waals surface area contributed by atoms with Crippen molar-refractivity contribution in [1.29, 1.82) is 0 Å². The van der Waals surface area contributed by atoms with Crippen LogP contribution in [0.3, 0.4) is 0 Å². The predicted octanol–water partition coefficient (Wildman–Crippen LogP) is -0.742. The molecule has 0 amide bonds. The van der Waals surface area contributed by atoms with Gasteiger partial charge in [-0.2, -0.15) is 17.0 Å². The fourth-order valence-electron chi connectivity index (χ4n) is 1.95. The largest absolute Gasteiger partial charge is 0.396 e. The summed E-state index contributed by atoms with van der Waals surface area (Å²) in [6.45, 7) is 1.70. The molecule has 102 valence electrons. The average Bonchev–Trinajstić information content (AvgIpc) is 2.82. The Morgan fingerprint density at radius 1 is 1.50 bits per heavy atom. The zero-order valence-electron chi connectivity index (χ0n) is 10.4. The normalized spacial score (nSPS) is 17.1. The number of rotatable bonds is 5. The molecule has 0 saturated carbocycles. The molecule has 1 aromatic rings. The number of hydrogen-bond acceptors (Lipinski definition) is 4. The number of aromatic nitrogens is 2. The third kappa shape index (κ3) is 2.56. The van der Waals surface area contributed by atoms with Gasteiger partial charge in [0, 0.05) is 45.7 Å². The second kappa shape index (κ2) is 5.35. The summed E-state index contributed by atoms with van der Waals surface area (Å²) in [4.78, 5) is 4.14. The van der Waals surface area contributed by atoms with Gasteiger partial charge in [-0.05, 0) is 6.42 Å². The highest BCUT2D eigenvalue weighted by Crippen LogP contribution is 2.16. The number of fused-ring (bicyclic) bond motifs is 1. The molecule has 0 spiro atoms. The van der Waals surface area contributed by atoms with Gasteiger partial charge >= 0.3 is 0 Å². The molecule has 0 fully saturated rings. The second-order valence-corrected chi connectivity index (χ2v) is 6.31. The molecular formula is C10H18N4O3S. The van der Waals surface area contributed by atoms with Gasteiger partial charge in [0.25, 0.3) is 10.2 Å². The second-order valence-electron chi connectivity index (χ2n) is 4.28. The van der Waals surface area contributed by atoms with E-state index in [0.717, 1.165) is 5.82 Å². The van der Waals surface area contributed by atoms with Gasteiger partial charge in [-0.3, -0.25) is 0 Å². The maximum absolute atomic E-state index is 12.3. The van der Waals surface area contributed by atoms with Crippen molar-refractivity contribution in [3.05, 3.63) is 18.2 Å². The lowest BCUT2D eigenvalue weighted by Gasteiger charge is -2.30. The van der Waals surface area contributed by atoms with E-state index in [1.165, 1.54) is 15.7 Å². The van der Waals surface area contributed by atoms with Crippen LogP contribution in [0.15, 0.2) is 12.4 Å². The zero-order valence-corrected chi connectivity index (χ0v) is 11.2. The number of aliphatic hydroxyl groups is 1. The van der Waals surface area contributed by atoms with Gasteiger partial charge in [0.15, 0.2) is 0 Å².